The number of carbonyl (C=O) groups is 3. The quantitative estimate of drug-likeness (QED) is 0.248. The van der Waals surface area contributed by atoms with Crippen LogP contribution in [-0.2, 0) is 19.1 Å². The minimum atomic E-state index is -1.12. The first-order valence-electron chi connectivity index (χ1n) is 18.5. The van der Waals surface area contributed by atoms with Gasteiger partial charge in [0.15, 0.2) is 11.5 Å². The number of ketones is 1. The molecule has 0 aromatic heterocycles. The van der Waals surface area contributed by atoms with E-state index in [4.69, 9.17) is 9.47 Å². The molecule has 0 bridgehead atoms. The number of nitrogens with zero attached hydrogens (tertiary/aromatic N) is 1. The Morgan fingerprint density at radius 1 is 0.848 bits per heavy atom. The summed E-state index contributed by atoms with van der Waals surface area (Å²) >= 11 is 0. The lowest BCUT2D eigenvalue weighted by atomic mass is 9.32. The maximum Gasteiger partial charge on any atom is 0.410 e. The normalized spacial score (nSPS) is 44.2. The van der Waals surface area contributed by atoms with Gasteiger partial charge in [0.2, 0.25) is 0 Å². The van der Waals surface area contributed by atoms with Crippen molar-refractivity contribution >= 4 is 17.8 Å². The second-order valence-electron chi connectivity index (χ2n) is 18.4. The van der Waals surface area contributed by atoms with Crippen LogP contribution in [0.15, 0.2) is 11.1 Å². The van der Waals surface area contributed by atoms with Crippen molar-refractivity contribution < 1.29 is 23.9 Å². The molecule has 1 amide bonds. The number of likely N-dealkylation sites (tertiary alicyclic amines) is 1. The van der Waals surface area contributed by atoms with E-state index in [2.05, 4.69) is 72.7 Å². The number of amides is 1. The lowest BCUT2D eigenvalue weighted by molar-refractivity contribution is -0.263. The molecule has 1 N–H and O–H groups in total. The fourth-order valence-electron chi connectivity index (χ4n) is 13.0. The smallest absolute Gasteiger partial charge is 0.410 e. The van der Waals surface area contributed by atoms with Crippen LogP contribution in [0.2, 0.25) is 0 Å². The molecule has 8 atom stereocenters. The molecule has 1 heterocycles. The number of alkyl carbamates (subject to hydrolysis) is 1. The summed E-state index contributed by atoms with van der Waals surface area (Å²) in [7, 11) is 2.09. The first-order chi connectivity index (χ1) is 21.3. The summed E-state index contributed by atoms with van der Waals surface area (Å²) in [6.45, 7) is 22.2. The number of Topliss-reactive ketones (excluding diaryl/α,β-unsaturated/α-hetero) is 1. The Morgan fingerprint density at radius 2 is 1.52 bits per heavy atom. The van der Waals surface area contributed by atoms with Gasteiger partial charge in [-0.15, -0.1) is 0 Å². The predicted octanol–water partition coefficient (Wildman–Crippen LogP) is 8.07. The van der Waals surface area contributed by atoms with Crippen LogP contribution in [-0.4, -0.2) is 54.7 Å². The Hall–Kier alpha value is -1.89. The van der Waals surface area contributed by atoms with Gasteiger partial charge in [0.1, 0.15) is 6.10 Å². The molecule has 0 aromatic rings. The molecule has 6 rings (SSSR count). The van der Waals surface area contributed by atoms with E-state index >= 15 is 0 Å². The summed E-state index contributed by atoms with van der Waals surface area (Å²) in [6, 6.07) is 0. The molecule has 0 unspecified atom stereocenters. The third-order valence-corrected chi connectivity index (χ3v) is 15.5. The van der Waals surface area contributed by atoms with Crippen LogP contribution in [0.1, 0.15) is 133 Å². The van der Waals surface area contributed by atoms with Crippen molar-refractivity contribution in [3.8, 4) is 0 Å². The van der Waals surface area contributed by atoms with Gasteiger partial charge in [-0.05, 0) is 116 Å². The first kappa shape index (κ1) is 34.0. The molecule has 7 heteroatoms. The second kappa shape index (κ2) is 11.1. The van der Waals surface area contributed by atoms with Crippen molar-refractivity contribution in [3.63, 3.8) is 0 Å². The fraction of sp³-hybridized carbons (Fsp3) is 0.872. The lowest BCUT2D eigenvalue weighted by Gasteiger charge is -2.73. The molecule has 0 spiro atoms. The monoisotopic (exact) mass is 638 g/mol. The van der Waals surface area contributed by atoms with E-state index in [1.807, 2.05) is 0 Å². The summed E-state index contributed by atoms with van der Waals surface area (Å²) in [5.74, 6) is 1.56. The number of hydrogen-bond acceptors (Lipinski definition) is 6. The Labute approximate surface area is 278 Å². The highest BCUT2D eigenvalue weighted by Crippen LogP contribution is 2.77. The highest BCUT2D eigenvalue weighted by atomic mass is 16.6. The highest BCUT2D eigenvalue weighted by Gasteiger charge is 2.72. The van der Waals surface area contributed by atoms with Gasteiger partial charge in [0.25, 0.3) is 0 Å². The molecule has 1 saturated heterocycles. The van der Waals surface area contributed by atoms with Gasteiger partial charge in [-0.3, -0.25) is 14.9 Å². The van der Waals surface area contributed by atoms with Gasteiger partial charge in [-0.25, -0.2) is 4.79 Å². The lowest BCUT2D eigenvalue weighted by Crippen LogP contribution is -2.72. The Balaban J connectivity index is 1.30. The predicted molar refractivity (Wildman–Crippen MR) is 180 cm³/mol. The number of ether oxygens (including phenoxy) is 2. The van der Waals surface area contributed by atoms with Crippen molar-refractivity contribution in [1.29, 1.82) is 0 Å². The van der Waals surface area contributed by atoms with E-state index in [0.717, 1.165) is 70.0 Å². The largest absolute Gasteiger partial charge is 0.446 e. The number of fused-ring (bicyclic) bond motifs is 7. The average Bonchev–Trinajstić information content (AvgIpc) is 3.22. The summed E-state index contributed by atoms with van der Waals surface area (Å²) in [4.78, 5) is 41.9. The molecule has 0 radical (unpaired) electrons. The molecular weight excluding hydrogens is 576 g/mol. The van der Waals surface area contributed by atoms with Gasteiger partial charge < -0.3 is 14.4 Å². The third kappa shape index (κ3) is 4.77. The van der Waals surface area contributed by atoms with E-state index in [-0.39, 0.29) is 45.6 Å². The van der Waals surface area contributed by atoms with Gasteiger partial charge in [0, 0.05) is 38.3 Å². The molecule has 46 heavy (non-hydrogen) atoms. The zero-order chi connectivity index (χ0) is 33.7. The van der Waals surface area contributed by atoms with Crippen molar-refractivity contribution in [1.82, 2.24) is 10.2 Å². The van der Waals surface area contributed by atoms with Crippen molar-refractivity contribution in [2.24, 2.45) is 50.7 Å². The molecule has 5 aliphatic carbocycles. The summed E-state index contributed by atoms with van der Waals surface area (Å²) in [5, 5.41) is 3.19. The summed E-state index contributed by atoms with van der Waals surface area (Å²) in [6.07, 6.45) is 9.93. The molecular formula is C39H62N2O5. The van der Waals surface area contributed by atoms with E-state index in [1.165, 1.54) is 18.9 Å². The zero-order valence-corrected chi connectivity index (χ0v) is 30.6. The number of piperidine rings is 1. The maximum absolute atomic E-state index is 13.5. The molecule has 6 aliphatic rings. The molecule has 1 aliphatic heterocycles. The summed E-state index contributed by atoms with van der Waals surface area (Å²) in [5.41, 5.74) is 1.41. The molecule has 0 aromatic carbocycles. The fourth-order valence-corrected chi connectivity index (χ4v) is 13.0. The van der Waals surface area contributed by atoms with Crippen LogP contribution in [0.3, 0.4) is 0 Å². The number of allylic oxidation sites excluding steroid dienone is 2. The van der Waals surface area contributed by atoms with Gasteiger partial charge >= 0.3 is 12.1 Å². The number of rotatable bonds is 4. The molecule has 5 fully saturated rings. The zero-order valence-electron chi connectivity index (χ0n) is 30.6. The SMILES string of the molecule is CC(=O)O[C@@]1(NC(=O)OC2CCN(C)CC2)CC[C@]2(C)[C@H]3CC[C@@H]4C5=C(C(C)C)C(=O)C[C@]5(C)CC[C@@]4(C)[C@]3(C)CC[C@H]2C1(C)C. The van der Waals surface area contributed by atoms with Gasteiger partial charge in [-0.2, -0.15) is 0 Å². The Bertz CT molecular complexity index is 1310. The molecule has 4 saturated carbocycles. The Kier molecular flexibility index (Phi) is 8.18. The number of carbonyl (C=O) groups excluding carboxylic acids is 3. The van der Waals surface area contributed by atoms with Crippen LogP contribution in [0, 0.1) is 50.7 Å². The van der Waals surface area contributed by atoms with Gasteiger partial charge in [-0.1, -0.05) is 61.0 Å². The van der Waals surface area contributed by atoms with Crippen LogP contribution < -0.4 is 5.32 Å². The molecule has 258 valence electrons. The van der Waals surface area contributed by atoms with E-state index in [9.17, 15) is 14.4 Å². The topological polar surface area (TPSA) is 84.9 Å². The number of hydrogen-bond donors (Lipinski definition) is 1. The first-order valence-corrected chi connectivity index (χ1v) is 18.5. The van der Waals surface area contributed by atoms with Crippen molar-refractivity contribution in [2.75, 3.05) is 20.1 Å². The maximum atomic E-state index is 13.5. The van der Waals surface area contributed by atoms with Crippen LogP contribution in [0.5, 0.6) is 0 Å². The van der Waals surface area contributed by atoms with Crippen LogP contribution in [0.4, 0.5) is 4.79 Å². The van der Waals surface area contributed by atoms with Crippen molar-refractivity contribution in [3.05, 3.63) is 11.1 Å². The standard InChI is InChI=1S/C39H62N2O5/c1-24(2)31-28(43)23-35(6)17-19-37(8)27(32(31)35)11-12-30-36(7)18-20-39(46-25(3)42,34(4,5)29(36)13-16-38(30,37)9)40-33(44)45-26-14-21-41(10)22-15-26/h24,26-27,29-30H,11-23H2,1-10H3,(H,40,44)/t27-,29+,30-,35+,36+,37-,38-,39+/m1/s1. The summed E-state index contributed by atoms with van der Waals surface area (Å²) < 4.78 is 12.2. The average molecular weight is 639 g/mol. The van der Waals surface area contributed by atoms with E-state index < -0.39 is 17.2 Å². The van der Waals surface area contributed by atoms with Crippen LogP contribution in [0.25, 0.3) is 0 Å². The third-order valence-electron chi connectivity index (χ3n) is 15.5. The minimum absolute atomic E-state index is 0.0233. The second-order valence-corrected chi connectivity index (χ2v) is 18.4. The van der Waals surface area contributed by atoms with Crippen LogP contribution >= 0.6 is 0 Å². The van der Waals surface area contributed by atoms with E-state index in [0.29, 0.717) is 30.5 Å². The highest BCUT2D eigenvalue weighted by molar-refractivity contribution is 6.00. The van der Waals surface area contributed by atoms with Gasteiger partial charge in [0.05, 0.1) is 0 Å². The van der Waals surface area contributed by atoms with Crippen molar-refractivity contribution in [2.45, 2.75) is 145 Å². The van der Waals surface area contributed by atoms with E-state index in [1.54, 1.807) is 0 Å². The number of esters is 1. The minimum Gasteiger partial charge on any atom is -0.446 e. The number of nitrogens with one attached hydrogen (secondary N) is 1. The Morgan fingerprint density at radius 3 is 2.15 bits per heavy atom. The molecule has 7 nitrogen and oxygen atoms in total.